The number of nitrogens with zero attached hydrogens (tertiary/aromatic N) is 4. The summed E-state index contributed by atoms with van der Waals surface area (Å²) < 4.78 is 7.31. The van der Waals surface area contributed by atoms with Crippen molar-refractivity contribution in [2.45, 2.75) is 24.9 Å². The van der Waals surface area contributed by atoms with Gasteiger partial charge in [-0.05, 0) is 31.9 Å². The molecule has 1 aromatic carbocycles. The number of benzene rings is 1. The number of thioether (sulfide) groups is 1. The van der Waals surface area contributed by atoms with Gasteiger partial charge in [0.2, 0.25) is 5.95 Å². The summed E-state index contributed by atoms with van der Waals surface area (Å²) in [5.41, 5.74) is 2.38. The van der Waals surface area contributed by atoms with Crippen molar-refractivity contribution in [3.8, 4) is 5.69 Å². The molecule has 0 N–H and O–H groups in total. The van der Waals surface area contributed by atoms with E-state index in [9.17, 15) is 0 Å². The lowest BCUT2D eigenvalue weighted by Crippen LogP contribution is -2.22. The first-order valence-electron chi connectivity index (χ1n) is 7.69. The first-order chi connectivity index (χ1) is 10.8. The summed E-state index contributed by atoms with van der Waals surface area (Å²) in [6.07, 6.45) is 2.46. The molecule has 0 aliphatic carbocycles. The first-order valence-corrected chi connectivity index (χ1v) is 8.67. The zero-order valence-electron chi connectivity index (χ0n) is 13.2. The van der Waals surface area contributed by atoms with E-state index < -0.39 is 0 Å². The molecule has 1 aliphatic heterocycles. The van der Waals surface area contributed by atoms with E-state index in [0.29, 0.717) is 6.61 Å². The summed E-state index contributed by atoms with van der Waals surface area (Å²) in [5.74, 6) is 1.83. The summed E-state index contributed by atoms with van der Waals surface area (Å²) in [4.78, 5) is 2.33. The number of hydrogen-bond donors (Lipinski definition) is 0. The maximum Gasteiger partial charge on any atom is 0.232 e. The second-order valence-corrected chi connectivity index (χ2v) is 6.55. The van der Waals surface area contributed by atoms with Gasteiger partial charge in [0, 0.05) is 26.0 Å². The number of ether oxygens (including phenoxy) is 1. The van der Waals surface area contributed by atoms with Gasteiger partial charge in [-0.2, -0.15) is 0 Å². The molecule has 0 unspecified atom stereocenters. The van der Waals surface area contributed by atoms with Crippen LogP contribution in [0.4, 0.5) is 5.95 Å². The van der Waals surface area contributed by atoms with E-state index in [4.69, 9.17) is 4.74 Å². The highest BCUT2D eigenvalue weighted by Crippen LogP contribution is 2.28. The SMILES string of the molecule is COCCSc1nnc(N2CCCC2)n1-c1ccc(C)cc1. The normalized spacial score (nSPS) is 14.7. The van der Waals surface area contributed by atoms with Crippen molar-refractivity contribution in [1.29, 1.82) is 0 Å². The Bertz CT molecular complexity index is 605. The quantitative estimate of drug-likeness (QED) is 0.605. The molecule has 6 heteroatoms. The second kappa shape index (κ2) is 7.15. The third-order valence-electron chi connectivity index (χ3n) is 3.82. The molecule has 0 bridgehead atoms. The number of aromatic nitrogens is 3. The van der Waals surface area contributed by atoms with Crippen LogP contribution < -0.4 is 4.90 Å². The summed E-state index contributed by atoms with van der Waals surface area (Å²) in [6, 6.07) is 8.54. The fraction of sp³-hybridized carbons (Fsp3) is 0.500. The van der Waals surface area contributed by atoms with Crippen molar-refractivity contribution in [3.63, 3.8) is 0 Å². The van der Waals surface area contributed by atoms with Crippen molar-refractivity contribution in [1.82, 2.24) is 14.8 Å². The van der Waals surface area contributed by atoms with Crippen molar-refractivity contribution in [2.75, 3.05) is 37.5 Å². The molecule has 1 fully saturated rings. The van der Waals surface area contributed by atoms with Gasteiger partial charge in [-0.15, -0.1) is 10.2 Å². The molecule has 0 atom stereocenters. The minimum Gasteiger partial charge on any atom is -0.384 e. The summed E-state index contributed by atoms with van der Waals surface area (Å²) in [7, 11) is 1.72. The highest BCUT2D eigenvalue weighted by molar-refractivity contribution is 7.99. The zero-order chi connectivity index (χ0) is 15.4. The third-order valence-corrected chi connectivity index (χ3v) is 4.71. The first kappa shape index (κ1) is 15.4. The van der Waals surface area contributed by atoms with Gasteiger partial charge >= 0.3 is 0 Å². The Labute approximate surface area is 135 Å². The molecule has 5 nitrogen and oxygen atoms in total. The predicted molar refractivity (Wildman–Crippen MR) is 90.1 cm³/mol. The Balaban J connectivity index is 1.94. The van der Waals surface area contributed by atoms with E-state index in [2.05, 4.69) is 50.9 Å². The lowest BCUT2D eigenvalue weighted by Gasteiger charge is -2.18. The molecule has 3 rings (SSSR count). The fourth-order valence-corrected chi connectivity index (χ4v) is 3.46. The van der Waals surface area contributed by atoms with E-state index in [1.54, 1.807) is 18.9 Å². The third kappa shape index (κ3) is 3.28. The molecular weight excluding hydrogens is 296 g/mol. The zero-order valence-corrected chi connectivity index (χ0v) is 14.0. The van der Waals surface area contributed by atoms with Crippen LogP contribution in [0.2, 0.25) is 0 Å². The highest BCUT2D eigenvalue weighted by Gasteiger charge is 2.22. The van der Waals surface area contributed by atoms with Gasteiger partial charge in [0.05, 0.1) is 12.3 Å². The van der Waals surface area contributed by atoms with E-state index >= 15 is 0 Å². The van der Waals surface area contributed by atoms with Crippen LogP contribution in [0.25, 0.3) is 5.69 Å². The molecule has 1 saturated heterocycles. The molecular formula is C16H22N4OS. The van der Waals surface area contributed by atoms with Crippen LogP contribution in [0.5, 0.6) is 0 Å². The maximum atomic E-state index is 5.14. The molecule has 0 radical (unpaired) electrons. The van der Waals surface area contributed by atoms with Gasteiger partial charge in [0.15, 0.2) is 5.16 Å². The Morgan fingerprint density at radius 3 is 2.55 bits per heavy atom. The summed E-state index contributed by atoms with van der Waals surface area (Å²) in [6.45, 7) is 4.94. The largest absolute Gasteiger partial charge is 0.384 e. The average Bonchev–Trinajstić information content (AvgIpc) is 3.17. The Hall–Kier alpha value is -1.53. The van der Waals surface area contributed by atoms with Crippen LogP contribution in [-0.2, 0) is 4.74 Å². The van der Waals surface area contributed by atoms with Gasteiger partial charge in [-0.1, -0.05) is 29.5 Å². The number of anilines is 1. The minimum absolute atomic E-state index is 0.713. The second-order valence-electron chi connectivity index (χ2n) is 5.49. The van der Waals surface area contributed by atoms with Crippen LogP contribution >= 0.6 is 11.8 Å². The van der Waals surface area contributed by atoms with Crippen molar-refractivity contribution < 1.29 is 4.74 Å². The molecule has 22 heavy (non-hydrogen) atoms. The molecule has 118 valence electrons. The smallest absolute Gasteiger partial charge is 0.232 e. The number of hydrogen-bond acceptors (Lipinski definition) is 5. The van der Waals surface area contributed by atoms with E-state index in [1.807, 2.05) is 0 Å². The van der Waals surface area contributed by atoms with Gasteiger partial charge in [0.25, 0.3) is 0 Å². The molecule has 2 heterocycles. The fourth-order valence-electron chi connectivity index (χ4n) is 2.61. The van der Waals surface area contributed by atoms with Crippen LogP contribution in [0, 0.1) is 6.92 Å². The van der Waals surface area contributed by atoms with Crippen LogP contribution in [0.3, 0.4) is 0 Å². The summed E-state index contributed by atoms with van der Waals surface area (Å²) in [5, 5.41) is 9.80. The molecule has 1 aromatic heterocycles. The van der Waals surface area contributed by atoms with Crippen molar-refractivity contribution in [3.05, 3.63) is 29.8 Å². The molecule has 0 saturated carbocycles. The lowest BCUT2D eigenvalue weighted by molar-refractivity contribution is 0.218. The number of aryl methyl sites for hydroxylation is 1. The van der Waals surface area contributed by atoms with E-state index in [-0.39, 0.29) is 0 Å². The van der Waals surface area contributed by atoms with Crippen molar-refractivity contribution in [2.24, 2.45) is 0 Å². The van der Waals surface area contributed by atoms with Crippen LogP contribution in [-0.4, -0.2) is 47.3 Å². The molecule has 2 aromatic rings. The van der Waals surface area contributed by atoms with E-state index in [0.717, 1.165) is 35.6 Å². The van der Waals surface area contributed by atoms with Crippen LogP contribution in [0.1, 0.15) is 18.4 Å². The van der Waals surface area contributed by atoms with Gasteiger partial charge in [-0.3, -0.25) is 4.57 Å². The van der Waals surface area contributed by atoms with Gasteiger partial charge < -0.3 is 9.64 Å². The molecule has 0 spiro atoms. The highest BCUT2D eigenvalue weighted by atomic mass is 32.2. The number of methoxy groups -OCH3 is 1. The number of rotatable bonds is 6. The standard InChI is InChI=1S/C16H22N4OS/c1-13-5-7-14(8-6-13)20-15(19-9-3-4-10-19)17-18-16(20)22-12-11-21-2/h5-8H,3-4,9-12H2,1-2H3. The monoisotopic (exact) mass is 318 g/mol. The van der Waals surface area contributed by atoms with Crippen molar-refractivity contribution >= 4 is 17.7 Å². The Morgan fingerprint density at radius 1 is 1.14 bits per heavy atom. The maximum absolute atomic E-state index is 5.14. The molecule has 1 aliphatic rings. The lowest BCUT2D eigenvalue weighted by atomic mass is 10.2. The van der Waals surface area contributed by atoms with Gasteiger partial charge in [-0.25, -0.2) is 0 Å². The Kier molecular flexibility index (Phi) is 5.00. The van der Waals surface area contributed by atoms with Crippen LogP contribution in [0.15, 0.2) is 29.4 Å². The minimum atomic E-state index is 0.713. The van der Waals surface area contributed by atoms with Gasteiger partial charge in [0.1, 0.15) is 0 Å². The Morgan fingerprint density at radius 2 is 1.86 bits per heavy atom. The summed E-state index contributed by atoms with van der Waals surface area (Å²) >= 11 is 1.69. The topological polar surface area (TPSA) is 43.2 Å². The predicted octanol–water partition coefficient (Wildman–Crippen LogP) is 2.91. The van der Waals surface area contributed by atoms with E-state index in [1.165, 1.54) is 18.4 Å². The molecule has 0 amide bonds. The average molecular weight is 318 g/mol.